The quantitative estimate of drug-likeness (QED) is 0.518. The van der Waals surface area contributed by atoms with Crippen LogP contribution in [0, 0.1) is 12.3 Å². The van der Waals surface area contributed by atoms with Crippen molar-refractivity contribution in [2.75, 3.05) is 6.54 Å². The lowest BCUT2D eigenvalue weighted by Gasteiger charge is -2.20. The van der Waals surface area contributed by atoms with Crippen molar-refractivity contribution in [3.05, 3.63) is 0 Å². The average molecular weight is 140 g/mol. The molecule has 0 aliphatic carbocycles. The number of hydrogen-bond acceptors (Lipinski definition) is 2. The number of nitrogens with one attached hydrogen (secondary N) is 1. The smallest absolute Gasteiger partial charge is 0.237 e. The maximum atomic E-state index is 10.6. The monoisotopic (exact) mass is 140 g/mol. The van der Waals surface area contributed by atoms with E-state index < -0.39 is 11.4 Å². The molecule has 0 rings (SSSR count). The van der Waals surface area contributed by atoms with Gasteiger partial charge < -0.3 is 5.73 Å². The Morgan fingerprint density at radius 3 is 2.60 bits per heavy atom. The molecule has 0 heterocycles. The van der Waals surface area contributed by atoms with Gasteiger partial charge in [0.1, 0.15) is 0 Å². The summed E-state index contributed by atoms with van der Waals surface area (Å²) in [7, 11) is 0. The highest BCUT2D eigenvalue weighted by Gasteiger charge is 2.22. The molecule has 0 aliphatic rings. The van der Waals surface area contributed by atoms with Crippen molar-refractivity contribution in [2.45, 2.75) is 19.4 Å². The van der Waals surface area contributed by atoms with Crippen LogP contribution in [0.3, 0.4) is 0 Å². The van der Waals surface area contributed by atoms with Crippen LogP contribution in [-0.2, 0) is 4.79 Å². The average Bonchev–Trinajstić information content (AvgIpc) is 1.84. The minimum Gasteiger partial charge on any atom is -0.368 e. The Morgan fingerprint density at radius 2 is 2.30 bits per heavy atom. The molecule has 3 heteroatoms. The minimum atomic E-state index is -0.702. The Hall–Kier alpha value is -1.01. The first-order chi connectivity index (χ1) is 4.50. The Bertz CT molecular complexity index is 167. The van der Waals surface area contributed by atoms with E-state index in [-0.39, 0.29) is 0 Å². The van der Waals surface area contributed by atoms with E-state index in [1.54, 1.807) is 13.8 Å². The Morgan fingerprint density at radius 1 is 1.80 bits per heavy atom. The van der Waals surface area contributed by atoms with Crippen LogP contribution >= 0.6 is 0 Å². The molecule has 0 aliphatic heterocycles. The number of carbonyl (C=O) groups is 1. The fourth-order valence-electron chi connectivity index (χ4n) is 0.359. The van der Waals surface area contributed by atoms with Crippen LogP contribution in [0.5, 0.6) is 0 Å². The zero-order chi connectivity index (χ0) is 8.20. The third-order valence-corrected chi connectivity index (χ3v) is 1.25. The minimum absolute atomic E-state index is 0.357. The highest BCUT2D eigenvalue weighted by molar-refractivity contribution is 5.83. The zero-order valence-corrected chi connectivity index (χ0v) is 6.27. The van der Waals surface area contributed by atoms with E-state index in [1.807, 2.05) is 0 Å². The molecule has 0 atom stereocenters. The van der Waals surface area contributed by atoms with Crippen molar-refractivity contribution in [1.29, 1.82) is 0 Å². The molecule has 0 aromatic heterocycles. The Labute approximate surface area is 61.0 Å². The van der Waals surface area contributed by atoms with E-state index in [2.05, 4.69) is 11.2 Å². The molecule has 3 N–H and O–H groups in total. The van der Waals surface area contributed by atoms with Gasteiger partial charge in [-0.25, -0.2) is 0 Å². The number of nitrogens with two attached hydrogens (primary N) is 1. The summed E-state index contributed by atoms with van der Waals surface area (Å²) in [6.07, 6.45) is 4.97. The van der Waals surface area contributed by atoms with Gasteiger partial charge in [-0.3, -0.25) is 10.1 Å². The van der Waals surface area contributed by atoms with Crippen molar-refractivity contribution in [3.63, 3.8) is 0 Å². The summed E-state index contributed by atoms with van der Waals surface area (Å²) >= 11 is 0. The van der Waals surface area contributed by atoms with Crippen molar-refractivity contribution in [1.82, 2.24) is 5.32 Å². The molecular weight excluding hydrogens is 128 g/mol. The highest BCUT2D eigenvalue weighted by Crippen LogP contribution is 1.97. The molecule has 0 bridgehead atoms. The van der Waals surface area contributed by atoms with Gasteiger partial charge in [0, 0.05) is 0 Å². The topological polar surface area (TPSA) is 55.1 Å². The van der Waals surface area contributed by atoms with Crippen LogP contribution in [0.25, 0.3) is 0 Å². The first kappa shape index (κ1) is 8.99. The summed E-state index contributed by atoms with van der Waals surface area (Å²) in [5.74, 6) is 1.96. The summed E-state index contributed by atoms with van der Waals surface area (Å²) in [6, 6.07) is 0. The highest BCUT2D eigenvalue weighted by atomic mass is 16.1. The zero-order valence-electron chi connectivity index (χ0n) is 6.27. The molecule has 0 aromatic carbocycles. The van der Waals surface area contributed by atoms with E-state index >= 15 is 0 Å². The number of primary amides is 1. The van der Waals surface area contributed by atoms with Crippen molar-refractivity contribution < 1.29 is 4.79 Å². The third kappa shape index (κ3) is 2.51. The summed E-state index contributed by atoms with van der Waals surface area (Å²) in [4.78, 5) is 10.6. The molecule has 10 heavy (non-hydrogen) atoms. The van der Waals surface area contributed by atoms with Gasteiger partial charge in [0.05, 0.1) is 12.1 Å². The van der Waals surface area contributed by atoms with E-state index in [0.29, 0.717) is 6.54 Å². The van der Waals surface area contributed by atoms with Crippen LogP contribution in [-0.4, -0.2) is 18.0 Å². The summed E-state index contributed by atoms with van der Waals surface area (Å²) < 4.78 is 0. The summed E-state index contributed by atoms with van der Waals surface area (Å²) in [5.41, 5.74) is 4.34. The number of hydrogen-bond donors (Lipinski definition) is 2. The molecule has 0 spiro atoms. The van der Waals surface area contributed by atoms with Crippen LogP contribution < -0.4 is 11.1 Å². The number of carbonyl (C=O) groups excluding carboxylic acids is 1. The normalized spacial score (nSPS) is 10.5. The molecule has 0 aromatic rings. The van der Waals surface area contributed by atoms with Crippen LogP contribution in [0.1, 0.15) is 13.8 Å². The maximum Gasteiger partial charge on any atom is 0.237 e. The lowest BCUT2D eigenvalue weighted by Crippen LogP contribution is -2.50. The van der Waals surface area contributed by atoms with Crippen molar-refractivity contribution >= 4 is 5.91 Å². The lowest BCUT2D eigenvalue weighted by atomic mass is 10.1. The SMILES string of the molecule is C#CCNC(C)(C)C(N)=O. The van der Waals surface area contributed by atoms with Crippen LogP contribution in [0.15, 0.2) is 0 Å². The standard InChI is InChI=1S/C7H12N2O/c1-4-5-9-7(2,3)6(8)10/h1,9H,5H2,2-3H3,(H2,8,10). The largest absolute Gasteiger partial charge is 0.368 e. The molecule has 3 nitrogen and oxygen atoms in total. The second-order valence-electron chi connectivity index (χ2n) is 2.55. The van der Waals surface area contributed by atoms with E-state index in [1.165, 1.54) is 0 Å². The molecule has 1 amide bonds. The third-order valence-electron chi connectivity index (χ3n) is 1.25. The lowest BCUT2D eigenvalue weighted by molar-refractivity contribution is -0.123. The van der Waals surface area contributed by atoms with Crippen LogP contribution in [0.2, 0.25) is 0 Å². The van der Waals surface area contributed by atoms with Gasteiger partial charge >= 0.3 is 0 Å². The molecular formula is C7H12N2O. The summed E-state index contributed by atoms with van der Waals surface area (Å²) in [6.45, 7) is 3.73. The van der Waals surface area contributed by atoms with Crippen LogP contribution in [0.4, 0.5) is 0 Å². The van der Waals surface area contributed by atoms with Crippen molar-refractivity contribution in [3.8, 4) is 12.3 Å². The van der Waals surface area contributed by atoms with E-state index in [4.69, 9.17) is 12.2 Å². The number of terminal acetylenes is 1. The van der Waals surface area contributed by atoms with Gasteiger partial charge in [-0.2, -0.15) is 0 Å². The predicted molar refractivity (Wildman–Crippen MR) is 40.1 cm³/mol. The summed E-state index contributed by atoms with van der Waals surface area (Å²) in [5, 5.41) is 2.80. The van der Waals surface area contributed by atoms with Gasteiger partial charge in [0.2, 0.25) is 5.91 Å². The fourth-order valence-corrected chi connectivity index (χ4v) is 0.359. The number of amides is 1. The fraction of sp³-hybridized carbons (Fsp3) is 0.571. The number of rotatable bonds is 3. The van der Waals surface area contributed by atoms with Gasteiger partial charge in [-0.15, -0.1) is 6.42 Å². The molecule has 0 radical (unpaired) electrons. The Balaban J connectivity index is 3.90. The molecule has 56 valence electrons. The van der Waals surface area contributed by atoms with E-state index in [9.17, 15) is 4.79 Å². The maximum absolute atomic E-state index is 10.6. The van der Waals surface area contributed by atoms with Gasteiger partial charge in [-0.1, -0.05) is 5.92 Å². The molecule has 0 fully saturated rings. The second-order valence-corrected chi connectivity index (χ2v) is 2.55. The first-order valence-electron chi connectivity index (χ1n) is 2.99. The van der Waals surface area contributed by atoms with Gasteiger partial charge in [0.15, 0.2) is 0 Å². The van der Waals surface area contributed by atoms with Gasteiger partial charge in [0.25, 0.3) is 0 Å². The molecule has 0 saturated heterocycles. The first-order valence-corrected chi connectivity index (χ1v) is 2.99. The van der Waals surface area contributed by atoms with Crippen molar-refractivity contribution in [2.24, 2.45) is 5.73 Å². The predicted octanol–water partition coefficient (Wildman–Crippen LogP) is -0.527. The Kier molecular flexibility index (Phi) is 2.91. The molecule has 0 saturated carbocycles. The second kappa shape index (κ2) is 3.23. The van der Waals surface area contributed by atoms with Gasteiger partial charge in [-0.05, 0) is 13.8 Å². The molecule has 0 unspecified atom stereocenters. The van der Waals surface area contributed by atoms with E-state index in [0.717, 1.165) is 0 Å².